The summed E-state index contributed by atoms with van der Waals surface area (Å²) in [6.45, 7) is -6.25. The molecule has 0 unspecified atom stereocenters. The summed E-state index contributed by atoms with van der Waals surface area (Å²) in [5.74, 6) is -4.12. The molecule has 2 rings (SSSR count). The highest BCUT2D eigenvalue weighted by Gasteiger charge is 2.65. The third kappa shape index (κ3) is 18.1. The first kappa shape index (κ1) is 50.0. The van der Waals surface area contributed by atoms with E-state index in [9.17, 15) is 94.7 Å². The summed E-state index contributed by atoms with van der Waals surface area (Å²) >= 11 is 0. The van der Waals surface area contributed by atoms with Crippen molar-refractivity contribution in [3.05, 3.63) is 0 Å². The molecule has 2 aliphatic rings. The Kier molecular flexibility index (Phi) is 15.6. The molecule has 2 fully saturated rings. The molecule has 0 spiro atoms. The lowest BCUT2D eigenvalue weighted by molar-refractivity contribution is -0.374. The van der Waals surface area contributed by atoms with Gasteiger partial charge in [0.2, 0.25) is 5.79 Å². The highest BCUT2D eigenvalue weighted by atomic mass is 32.3. The molecule has 0 aromatic rings. The van der Waals surface area contributed by atoms with Crippen LogP contribution in [0.5, 0.6) is 0 Å². The quantitative estimate of drug-likeness (QED) is 0.0496. The third-order valence-corrected chi connectivity index (χ3v) is 9.28. The number of ether oxygens (including phenoxy) is 3. The molecule has 0 aromatic carbocycles. The highest BCUT2D eigenvalue weighted by Crippen LogP contribution is 2.42. The van der Waals surface area contributed by atoms with Gasteiger partial charge in [-0.2, -0.15) is 67.3 Å². The fourth-order valence-corrected chi connectivity index (χ4v) is 7.68. The topological polar surface area (TPSA) is 536 Å². The normalized spacial score (nSPS) is 30.7. The lowest BCUT2D eigenvalue weighted by Gasteiger charge is -2.45. The molecule has 0 bridgehead atoms. The Labute approximate surface area is 308 Å². The van der Waals surface area contributed by atoms with Gasteiger partial charge in [0.1, 0.15) is 37.1 Å². The average molecular weight is 983 g/mol. The first-order chi connectivity index (χ1) is 24.2. The number of hydrogen-bond acceptors (Lipinski definition) is 27. The minimum absolute atomic E-state index is 1.92. The van der Waals surface area contributed by atoms with Crippen LogP contribution in [0.3, 0.4) is 0 Å². The standard InChI is InChI=1S/C12H22O35S8/c13-48(14,15)37-1-4-6(43-51(22,23)24)8(45-53(28,29)30)9(46-54(31,32)33)11(40-4)42-12(3-39-50(19,20)21)10(47-55(34,35)36)7(44-52(25,26)27)5(41-12)2-38-49(16,17)18/h4-11H,1-3H2,(H,13,14,15)(H,16,17,18)(H,19,20,21)(H,22,23,24)(H,25,26,27)(H,28,29,30)(H,31,32,33)(H,34,35,36)/t4-,5-,6-,7+,8+,9-,10+,11-,12+/m1/s1. The van der Waals surface area contributed by atoms with E-state index in [0.717, 1.165) is 0 Å². The molecule has 2 saturated heterocycles. The second-order valence-corrected chi connectivity index (χ2v) is 18.2. The summed E-state index contributed by atoms with van der Waals surface area (Å²) in [4.78, 5) is 0. The van der Waals surface area contributed by atoms with Crippen LogP contribution in [0.15, 0.2) is 0 Å². The minimum atomic E-state index is -6.24. The Balaban J connectivity index is 3.07. The molecule has 0 aliphatic carbocycles. The molecule has 0 saturated carbocycles. The van der Waals surface area contributed by atoms with Gasteiger partial charge >= 0.3 is 83.2 Å². The van der Waals surface area contributed by atoms with E-state index < -0.39 is 158 Å². The van der Waals surface area contributed by atoms with Crippen LogP contribution in [0.2, 0.25) is 0 Å². The summed E-state index contributed by atoms with van der Waals surface area (Å²) in [5, 5.41) is 0. The average Bonchev–Trinajstić information content (AvgIpc) is 3.15. The molecule has 43 heteroatoms. The summed E-state index contributed by atoms with van der Waals surface area (Å²) in [7, 11) is -48.3. The predicted molar refractivity (Wildman–Crippen MR) is 152 cm³/mol. The van der Waals surface area contributed by atoms with Crippen molar-refractivity contribution >= 4 is 83.2 Å². The van der Waals surface area contributed by atoms with Gasteiger partial charge in [-0.3, -0.25) is 36.4 Å². The largest absolute Gasteiger partial charge is 0.397 e. The van der Waals surface area contributed by atoms with E-state index >= 15 is 0 Å². The van der Waals surface area contributed by atoms with E-state index in [-0.39, 0.29) is 0 Å². The van der Waals surface area contributed by atoms with Crippen molar-refractivity contribution < 1.29 is 151 Å². The SMILES string of the molecule is O=S(=O)(O)OC[C@H]1O[C@H](O[C@]2(COS(=O)(=O)O)O[C@H](COS(=O)(=O)O)[C@H](OS(=O)(=O)O)[C@@H]2OS(=O)(=O)O)[C@H](OS(=O)(=O)O)[C@@H](OS(=O)(=O)O)[C@@H]1OS(=O)(=O)O. The van der Waals surface area contributed by atoms with Crippen LogP contribution in [-0.4, -0.2) is 178 Å². The van der Waals surface area contributed by atoms with Crippen molar-refractivity contribution in [3.63, 3.8) is 0 Å². The zero-order chi connectivity index (χ0) is 43.0. The van der Waals surface area contributed by atoms with Crippen LogP contribution in [-0.2, 0) is 131 Å². The van der Waals surface area contributed by atoms with E-state index in [2.05, 4.69) is 33.5 Å². The fourth-order valence-electron chi connectivity index (χ4n) is 4.24. The van der Waals surface area contributed by atoms with E-state index in [1.165, 1.54) is 0 Å². The molecular formula is C12H22O35S8. The molecule has 2 aliphatic heterocycles. The second-order valence-electron chi connectivity index (χ2n) is 9.64. The Morgan fingerprint density at radius 1 is 0.418 bits per heavy atom. The Morgan fingerprint density at radius 3 is 1.18 bits per heavy atom. The Hall–Kier alpha value is -1.16. The van der Waals surface area contributed by atoms with Crippen LogP contribution in [0.4, 0.5) is 0 Å². The first-order valence-electron chi connectivity index (χ1n) is 12.3. The van der Waals surface area contributed by atoms with Gasteiger partial charge in [0.25, 0.3) is 0 Å². The molecule has 55 heavy (non-hydrogen) atoms. The van der Waals surface area contributed by atoms with Crippen LogP contribution in [0.25, 0.3) is 0 Å². The zero-order valence-corrected chi connectivity index (χ0v) is 31.6. The van der Waals surface area contributed by atoms with Crippen molar-refractivity contribution in [2.45, 2.75) is 54.8 Å². The Bertz CT molecular complexity index is 2280. The molecule has 9 atom stereocenters. The molecule has 0 amide bonds. The van der Waals surface area contributed by atoms with Crippen LogP contribution < -0.4 is 0 Å². The lowest BCUT2D eigenvalue weighted by Crippen LogP contribution is -2.65. The van der Waals surface area contributed by atoms with E-state index in [1.54, 1.807) is 0 Å². The van der Waals surface area contributed by atoms with Gasteiger partial charge < -0.3 is 14.2 Å². The minimum Gasteiger partial charge on any atom is -0.341 e. The van der Waals surface area contributed by atoms with Crippen molar-refractivity contribution in [2.24, 2.45) is 0 Å². The summed E-state index contributed by atoms with van der Waals surface area (Å²) < 4.78 is 307. The maximum Gasteiger partial charge on any atom is 0.397 e. The maximum absolute atomic E-state index is 11.9. The van der Waals surface area contributed by atoms with Gasteiger partial charge in [-0.05, 0) is 0 Å². The van der Waals surface area contributed by atoms with E-state index in [4.69, 9.17) is 23.3 Å². The molecule has 35 nitrogen and oxygen atoms in total. The highest BCUT2D eigenvalue weighted by molar-refractivity contribution is 7.82. The van der Waals surface area contributed by atoms with Gasteiger partial charge in [-0.1, -0.05) is 0 Å². The van der Waals surface area contributed by atoms with Crippen LogP contribution in [0.1, 0.15) is 0 Å². The van der Waals surface area contributed by atoms with Crippen molar-refractivity contribution in [3.8, 4) is 0 Å². The van der Waals surface area contributed by atoms with Gasteiger partial charge in [0.05, 0.1) is 13.2 Å². The van der Waals surface area contributed by atoms with Gasteiger partial charge in [-0.25, -0.2) is 33.5 Å². The fraction of sp³-hybridized carbons (Fsp3) is 1.00. The maximum atomic E-state index is 11.9. The van der Waals surface area contributed by atoms with Crippen LogP contribution >= 0.6 is 0 Å². The molecule has 8 N–H and O–H groups in total. The predicted octanol–water partition coefficient (Wildman–Crippen LogP) is -6.78. The van der Waals surface area contributed by atoms with Crippen LogP contribution in [0, 0.1) is 0 Å². The van der Waals surface area contributed by atoms with Gasteiger partial charge in [0.15, 0.2) is 18.5 Å². The summed E-state index contributed by atoms with van der Waals surface area (Å²) in [5.41, 5.74) is 0. The molecule has 0 radical (unpaired) electrons. The van der Waals surface area contributed by atoms with Crippen molar-refractivity contribution in [1.82, 2.24) is 0 Å². The number of rotatable bonds is 21. The van der Waals surface area contributed by atoms with E-state index in [0.29, 0.717) is 0 Å². The monoisotopic (exact) mass is 982 g/mol. The summed E-state index contributed by atoms with van der Waals surface area (Å²) in [6, 6.07) is 0. The van der Waals surface area contributed by atoms with E-state index in [1.807, 2.05) is 0 Å². The molecular weight excluding hydrogens is 961 g/mol. The first-order valence-corrected chi connectivity index (χ1v) is 23.2. The van der Waals surface area contributed by atoms with Gasteiger partial charge in [-0.15, -0.1) is 0 Å². The number of hydrogen-bond donors (Lipinski definition) is 8. The molecule has 0 aromatic heterocycles. The smallest absolute Gasteiger partial charge is 0.341 e. The second kappa shape index (κ2) is 17.2. The molecule has 328 valence electrons. The molecule has 2 heterocycles. The Morgan fingerprint density at radius 2 is 0.782 bits per heavy atom. The summed E-state index contributed by atoms with van der Waals surface area (Å²) in [6.07, 6.45) is -26.0. The lowest BCUT2D eigenvalue weighted by atomic mass is 9.99. The zero-order valence-electron chi connectivity index (χ0n) is 25.1. The third-order valence-electron chi connectivity index (χ3n) is 5.68. The van der Waals surface area contributed by atoms with Gasteiger partial charge in [0, 0.05) is 0 Å². The van der Waals surface area contributed by atoms with Crippen molar-refractivity contribution in [1.29, 1.82) is 0 Å². The van der Waals surface area contributed by atoms with Crippen molar-refractivity contribution in [2.75, 3.05) is 19.8 Å².